The molecule has 3 atom stereocenters. The van der Waals surface area contributed by atoms with E-state index in [1.807, 2.05) is 0 Å². The van der Waals surface area contributed by atoms with Crippen molar-refractivity contribution < 1.29 is 23.8 Å². The van der Waals surface area contributed by atoms with Crippen molar-refractivity contribution in [3.63, 3.8) is 0 Å². The van der Waals surface area contributed by atoms with Gasteiger partial charge in [-0.1, -0.05) is 6.07 Å². The molecule has 2 fully saturated rings. The van der Waals surface area contributed by atoms with Crippen molar-refractivity contribution in [2.45, 2.75) is 37.2 Å². The zero-order chi connectivity index (χ0) is 18.0. The molecule has 3 unspecified atom stereocenters. The molecule has 1 aromatic rings. The summed E-state index contributed by atoms with van der Waals surface area (Å²) in [6, 6.07) is 4.73. The smallest absolute Gasteiger partial charge is 0.414 e. The molecule has 2 saturated heterocycles. The predicted molar refractivity (Wildman–Crippen MR) is 93.1 cm³/mol. The Balaban J connectivity index is 1.70. The van der Waals surface area contributed by atoms with Crippen molar-refractivity contribution >= 4 is 29.4 Å². The summed E-state index contributed by atoms with van der Waals surface area (Å²) in [5.74, 6) is 0.219. The highest BCUT2D eigenvalue weighted by molar-refractivity contribution is 7.99. The van der Waals surface area contributed by atoms with Gasteiger partial charge in [-0.15, -0.1) is 11.8 Å². The molecule has 2 aliphatic rings. The van der Waals surface area contributed by atoms with Crippen LogP contribution in [-0.2, 0) is 9.53 Å². The minimum atomic E-state index is -0.549. The highest BCUT2D eigenvalue weighted by Crippen LogP contribution is 2.37. The molecule has 3 rings (SSSR count). The lowest BCUT2D eigenvalue weighted by Crippen LogP contribution is -2.33. The molecular weight excluding hydrogens is 347 g/mol. The zero-order valence-corrected chi connectivity index (χ0v) is 14.7. The average Bonchev–Trinajstić information content (AvgIpc) is 2.94. The lowest BCUT2D eigenvalue weighted by atomic mass is 9.92. The number of aliphatic hydroxyl groups is 1. The van der Waals surface area contributed by atoms with E-state index in [0.29, 0.717) is 17.7 Å². The molecule has 2 aliphatic heterocycles. The summed E-state index contributed by atoms with van der Waals surface area (Å²) in [4.78, 5) is 24.3. The molecule has 1 aromatic carbocycles. The van der Waals surface area contributed by atoms with Crippen LogP contribution in [0.15, 0.2) is 18.2 Å². The summed E-state index contributed by atoms with van der Waals surface area (Å²) < 4.78 is 19.8. The Morgan fingerprint density at radius 2 is 2.32 bits per heavy atom. The Bertz CT molecular complexity index is 672. The van der Waals surface area contributed by atoms with Gasteiger partial charge in [-0.2, -0.15) is 0 Å². The Morgan fingerprint density at radius 3 is 3.00 bits per heavy atom. The number of anilines is 1. The summed E-state index contributed by atoms with van der Waals surface area (Å²) in [7, 11) is 0. The number of thioether (sulfide) groups is 1. The fraction of sp³-hybridized carbons (Fsp3) is 0.529. The van der Waals surface area contributed by atoms with Crippen LogP contribution in [0.3, 0.4) is 0 Å². The van der Waals surface area contributed by atoms with Gasteiger partial charge in [0.25, 0.3) is 0 Å². The van der Waals surface area contributed by atoms with Crippen LogP contribution >= 0.6 is 11.8 Å². The number of carbonyl (C=O) groups is 2. The summed E-state index contributed by atoms with van der Waals surface area (Å²) >= 11 is 1.49. The van der Waals surface area contributed by atoms with Gasteiger partial charge in [0, 0.05) is 6.92 Å². The van der Waals surface area contributed by atoms with Crippen LogP contribution < -0.4 is 10.2 Å². The summed E-state index contributed by atoms with van der Waals surface area (Å²) in [5, 5.41) is 12.4. The molecule has 0 radical (unpaired) electrons. The minimum absolute atomic E-state index is 0.0108. The molecular formula is C17H21FN2O4S. The first kappa shape index (κ1) is 18.0. The molecule has 25 heavy (non-hydrogen) atoms. The third-order valence-corrected chi connectivity index (χ3v) is 5.50. The maximum Gasteiger partial charge on any atom is 0.414 e. The monoisotopic (exact) mass is 368 g/mol. The van der Waals surface area contributed by atoms with E-state index in [1.54, 1.807) is 12.1 Å². The van der Waals surface area contributed by atoms with E-state index in [0.717, 1.165) is 12.2 Å². The Hall–Kier alpha value is -1.80. The van der Waals surface area contributed by atoms with Gasteiger partial charge in [-0.3, -0.25) is 9.69 Å². The van der Waals surface area contributed by atoms with Crippen LogP contribution in [0.25, 0.3) is 0 Å². The van der Waals surface area contributed by atoms with Gasteiger partial charge in [-0.25, -0.2) is 9.18 Å². The van der Waals surface area contributed by atoms with Crippen molar-refractivity contribution in [1.29, 1.82) is 0 Å². The first-order valence-corrected chi connectivity index (χ1v) is 9.30. The second-order valence-electron chi connectivity index (χ2n) is 6.31. The van der Waals surface area contributed by atoms with E-state index in [-0.39, 0.29) is 30.7 Å². The average molecular weight is 368 g/mol. The highest BCUT2D eigenvalue weighted by Gasteiger charge is 2.33. The van der Waals surface area contributed by atoms with Gasteiger partial charge in [0.15, 0.2) is 0 Å². The normalized spacial score (nSPS) is 26.4. The number of cyclic esters (lactones) is 1. The van der Waals surface area contributed by atoms with Crippen LogP contribution in [0.1, 0.15) is 31.2 Å². The summed E-state index contributed by atoms with van der Waals surface area (Å²) in [6.45, 7) is 1.88. The lowest BCUT2D eigenvalue weighted by Gasteiger charge is -2.26. The van der Waals surface area contributed by atoms with Crippen molar-refractivity contribution in [2.24, 2.45) is 0 Å². The maximum absolute atomic E-state index is 14.6. The number of rotatable bonds is 4. The Kier molecular flexibility index (Phi) is 5.48. The van der Waals surface area contributed by atoms with Gasteiger partial charge < -0.3 is 15.2 Å². The number of ether oxygens (including phenoxy) is 1. The van der Waals surface area contributed by atoms with Gasteiger partial charge in [-0.05, 0) is 42.2 Å². The maximum atomic E-state index is 14.6. The molecule has 0 spiro atoms. The van der Waals surface area contributed by atoms with Crippen molar-refractivity contribution in [2.75, 3.05) is 23.7 Å². The Labute approximate surface area is 149 Å². The fourth-order valence-corrected chi connectivity index (χ4v) is 4.23. The second-order valence-corrected chi connectivity index (χ2v) is 7.59. The van der Waals surface area contributed by atoms with Crippen LogP contribution in [0.5, 0.6) is 0 Å². The number of hydrogen-bond acceptors (Lipinski definition) is 5. The molecule has 2 amide bonds. The first-order chi connectivity index (χ1) is 11.9. The van der Waals surface area contributed by atoms with Gasteiger partial charge >= 0.3 is 6.09 Å². The standard InChI is InChI=1S/C17H21FN2O4S/c1-10(21)19-8-13-9-20(17(23)24-13)12-2-3-14(15(18)7-12)11-4-5-25-16(22)6-11/h2-3,7,11,13,16,22H,4-6,8-9H2,1H3,(H,19,21). The third-order valence-electron chi connectivity index (χ3n) is 4.45. The van der Waals surface area contributed by atoms with E-state index in [1.165, 1.54) is 29.7 Å². The summed E-state index contributed by atoms with van der Waals surface area (Å²) in [6.07, 6.45) is 0.352. The lowest BCUT2D eigenvalue weighted by molar-refractivity contribution is -0.119. The van der Waals surface area contributed by atoms with Crippen LogP contribution in [0.2, 0.25) is 0 Å². The number of nitrogens with zero attached hydrogens (tertiary/aromatic N) is 1. The quantitative estimate of drug-likeness (QED) is 0.852. The molecule has 2 heterocycles. The largest absolute Gasteiger partial charge is 0.442 e. The number of benzene rings is 1. The van der Waals surface area contributed by atoms with E-state index >= 15 is 0 Å². The molecule has 0 aromatic heterocycles. The van der Waals surface area contributed by atoms with Crippen molar-refractivity contribution in [1.82, 2.24) is 5.32 Å². The number of nitrogens with one attached hydrogen (secondary N) is 1. The van der Waals surface area contributed by atoms with E-state index in [2.05, 4.69) is 5.32 Å². The molecule has 0 aliphatic carbocycles. The van der Waals surface area contributed by atoms with Crippen LogP contribution in [0, 0.1) is 5.82 Å². The molecule has 2 N–H and O–H groups in total. The van der Waals surface area contributed by atoms with Crippen molar-refractivity contribution in [3.8, 4) is 0 Å². The molecule has 136 valence electrons. The number of amides is 2. The number of halogens is 1. The number of aliphatic hydroxyl groups excluding tert-OH is 1. The second kappa shape index (κ2) is 7.61. The number of hydrogen-bond donors (Lipinski definition) is 2. The van der Waals surface area contributed by atoms with E-state index in [4.69, 9.17) is 4.74 Å². The topological polar surface area (TPSA) is 78.9 Å². The van der Waals surface area contributed by atoms with Crippen LogP contribution in [-0.4, -0.2) is 47.5 Å². The molecule has 8 heteroatoms. The molecule has 0 saturated carbocycles. The van der Waals surface area contributed by atoms with Gasteiger partial charge in [0.2, 0.25) is 5.91 Å². The predicted octanol–water partition coefficient (Wildman–Crippen LogP) is 2.22. The Morgan fingerprint density at radius 1 is 1.52 bits per heavy atom. The van der Waals surface area contributed by atoms with Gasteiger partial charge in [0.1, 0.15) is 11.9 Å². The third kappa shape index (κ3) is 4.24. The molecule has 0 bridgehead atoms. The summed E-state index contributed by atoms with van der Waals surface area (Å²) in [5.41, 5.74) is 0.550. The van der Waals surface area contributed by atoms with Crippen LogP contribution in [0.4, 0.5) is 14.9 Å². The highest BCUT2D eigenvalue weighted by atomic mass is 32.2. The fourth-order valence-electron chi connectivity index (χ4n) is 3.17. The van der Waals surface area contributed by atoms with E-state index < -0.39 is 17.6 Å². The van der Waals surface area contributed by atoms with Gasteiger partial charge in [0.05, 0.1) is 24.2 Å². The number of carbonyl (C=O) groups excluding carboxylic acids is 2. The first-order valence-electron chi connectivity index (χ1n) is 8.25. The van der Waals surface area contributed by atoms with Crippen molar-refractivity contribution in [3.05, 3.63) is 29.6 Å². The minimum Gasteiger partial charge on any atom is -0.442 e. The van der Waals surface area contributed by atoms with E-state index in [9.17, 15) is 19.1 Å². The SMILES string of the molecule is CC(=O)NCC1CN(c2ccc(C3CCSC(O)C3)c(F)c2)C(=O)O1. The zero-order valence-electron chi connectivity index (χ0n) is 13.9. The molecule has 6 nitrogen and oxygen atoms in total.